The smallest absolute Gasteiger partial charge is 0.141 e. The highest BCUT2D eigenvalue weighted by atomic mass is 35.5. The van der Waals surface area contributed by atoms with Crippen molar-refractivity contribution in [3.05, 3.63) is 47.0 Å². The Kier molecular flexibility index (Phi) is 3.92. The van der Waals surface area contributed by atoms with Crippen LogP contribution < -0.4 is 5.32 Å². The van der Waals surface area contributed by atoms with Gasteiger partial charge in [0.1, 0.15) is 5.82 Å². The fraction of sp³-hybridized carbons (Fsp3) is 0.357. The number of halogens is 2. The van der Waals surface area contributed by atoms with Gasteiger partial charge in [0.25, 0.3) is 0 Å². The van der Waals surface area contributed by atoms with Gasteiger partial charge in [-0.3, -0.25) is 0 Å². The molecule has 0 aliphatic rings. The van der Waals surface area contributed by atoms with Crippen molar-refractivity contribution in [1.82, 2.24) is 15.1 Å². The first-order chi connectivity index (χ1) is 8.85. The van der Waals surface area contributed by atoms with Gasteiger partial charge in [-0.15, -0.1) is 0 Å². The Bertz CT molecular complexity index is 572. The lowest BCUT2D eigenvalue weighted by molar-refractivity contribution is 0.420. The minimum Gasteiger partial charge on any atom is -0.306 e. The van der Waals surface area contributed by atoms with Crippen LogP contribution in [0, 0.1) is 5.82 Å². The van der Waals surface area contributed by atoms with E-state index in [1.165, 1.54) is 6.07 Å². The van der Waals surface area contributed by atoms with E-state index in [2.05, 4.69) is 31.2 Å². The van der Waals surface area contributed by atoms with Crippen LogP contribution in [-0.2, 0) is 6.54 Å². The average Bonchev–Trinajstić information content (AvgIpc) is 2.78. The standard InChI is InChI=1S/C14H17ClFN3/c1-14(2,3)17-9-10-6-7-19(18-10)11-4-5-13(16)12(15)8-11/h4-8,17H,9H2,1-3H3. The third-order valence-electron chi connectivity index (χ3n) is 2.61. The Balaban J connectivity index is 2.14. The van der Waals surface area contributed by atoms with Crippen molar-refractivity contribution < 1.29 is 4.39 Å². The van der Waals surface area contributed by atoms with Crippen LogP contribution in [0.25, 0.3) is 5.69 Å². The van der Waals surface area contributed by atoms with Crippen molar-refractivity contribution in [1.29, 1.82) is 0 Å². The summed E-state index contributed by atoms with van der Waals surface area (Å²) < 4.78 is 14.8. The van der Waals surface area contributed by atoms with Crippen LogP contribution in [0.3, 0.4) is 0 Å². The molecule has 2 aromatic rings. The Hall–Kier alpha value is -1.39. The lowest BCUT2D eigenvalue weighted by atomic mass is 10.1. The summed E-state index contributed by atoms with van der Waals surface area (Å²) in [5.41, 5.74) is 1.71. The lowest BCUT2D eigenvalue weighted by Crippen LogP contribution is -2.35. The summed E-state index contributed by atoms with van der Waals surface area (Å²) in [6.07, 6.45) is 1.84. The van der Waals surface area contributed by atoms with Gasteiger partial charge < -0.3 is 5.32 Å². The number of aromatic nitrogens is 2. The third kappa shape index (κ3) is 3.78. The first-order valence-corrected chi connectivity index (χ1v) is 6.48. The molecule has 0 amide bonds. The van der Waals surface area contributed by atoms with Gasteiger partial charge >= 0.3 is 0 Å². The van der Waals surface area contributed by atoms with Crippen molar-refractivity contribution >= 4 is 11.6 Å². The molecule has 19 heavy (non-hydrogen) atoms. The highest BCUT2D eigenvalue weighted by Gasteiger charge is 2.10. The maximum Gasteiger partial charge on any atom is 0.141 e. The number of hydrogen-bond acceptors (Lipinski definition) is 2. The zero-order valence-electron chi connectivity index (χ0n) is 11.2. The molecule has 0 bridgehead atoms. The normalized spacial score (nSPS) is 11.8. The van der Waals surface area contributed by atoms with E-state index in [0.29, 0.717) is 6.54 Å². The molecule has 0 radical (unpaired) electrons. The predicted molar refractivity (Wildman–Crippen MR) is 75.1 cm³/mol. The molecule has 1 heterocycles. The third-order valence-corrected chi connectivity index (χ3v) is 2.90. The van der Waals surface area contributed by atoms with Gasteiger partial charge in [-0.1, -0.05) is 11.6 Å². The summed E-state index contributed by atoms with van der Waals surface area (Å²) >= 11 is 5.76. The summed E-state index contributed by atoms with van der Waals surface area (Å²) in [6, 6.07) is 6.47. The Morgan fingerprint density at radius 2 is 2.05 bits per heavy atom. The number of nitrogens with zero attached hydrogens (tertiary/aromatic N) is 2. The lowest BCUT2D eigenvalue weighted by Gasteiger charge is -2.19. The van der Waals surface area contributed by atoms with Crippen molar-refractivity contribution in [2.75, 3.05) is 0 Å². The summed E-state index contributed by atoms with van der Waals surface area (Å²) in [5, 5.41) is 7.89. The van der Waals surface area contributed by atoms with E-state index in [0.717, 1.165) is 11.4 Å². The van der Waals surface area contributed by atoms with E-state index in [-0.39, 0.29) is 10.6 Å². The molecule has 0 atom stereocenters. The second-order valence-electron chi connectivity index (χ2n) is 5.45. The molecule has 0 unspecified atom stereocenters. The van der Waals surface area contributed by atoms with Crippen molar-refractivity contribution in [3.8, 4) is 5.69 Å². The van der Waals surface area contributed by atoms with Crippen molar-refractivity contribution in [3.63, 3.8) is 0 Å². The molecule has 2 rings (SSSR count). The maximum absolute atomic E-state index is 13.1. The van der Waals surface area contributed by atoms with Crippen molar-refractivity contribution in [2.24, 2.45) is 0 Å². The largest absolute Gasteiger partial charge is 0.306 e. The van der Waals surface area contributed by atoms with Crippen molar-refractivity contribution in [2.45, 2.75) is 32.9 Å². The molecule has 102 valence electrons. The molecule has 0 saturated heterocycles. The van der Waals surface area contributed by atoms with Crippen LogP contribution in [-0.4, -0.2) is 15.3 Å². The summed E-state index contributed by atoms with van der Waals surface area (Å²) in [7, 11) is 0. The number of nitrogens with one attached hydrogen (secondary N) is 1. The first-order valence-electron chi connectivity index (χ1n) is 6.10. The van der Waals surface area contributed by atoms with Crippen LogP contribution in [0.2, 0.25) is 5.02 Å². The van der Waals surface area contributed by atoms with Gasteiger partial charge in [-0.05, 0) is 45.0 Å². The second-order valence-corrected chi connectivity index (χ2v) is 5.86. The minimum absolute atomic E-state index is 0.0446. The Morgan fingerprint density at radius 3 is 2.68 bits per heavy atom. The van der Waals surface area contributed by atoms with Crippen LogP contribution in [0.4, 0.5) is 4.39 Å². The quantitative estimate of drug-likeness (QED) is 0.932. The van der Waals surface area contributed by atoms with Crippen LogP contribution in [0.15, 0.2) is 30.5 Å². The van der Waals surface area contributed by atoms with Gasteiger partial charge in [-0.2, -0.15) is 5.10 Å². The Morgan fingerprint density at radius 1 is 1.32 bits per heavy atom. The average molecular weight is 282 g/mol. The molecule has 1 N–H and O–H groups in total. The van der Waals surface area contributed by atoms with E-state index in [1.807, 2.05) is 12.3 Å². The highest BCUT2D eigenvalue weighted by Crippen LogP contribution is 2.18. The van der Waals surface area contributed by atoms with Gasteiger partial charge in [-0.25, -0.2) is 9.07 Å². The molecular weight excluding hydrogens is 265 g/mol. The van der Waals surface area contributed by atoms with Gasteiger partial charge in [0, 0.05) is 18.3 Å². The predicted octanol–water partition coefficient (Wildman–Crippen LogP) is 3.55. The molecular formula is C14H17ClFN3. The zero-order valence-corrected chi connectivity index (χ0v) is 12.0. The molecule has 0 saturated carbocycles. The van der Waals surface area contributed by atoms with E-state index < -0.39 is 5.82 Å². The van der Waals surface area contributed by atoms with Crippen LogP contribution >= 0.6 is 11.6 Å². The Labute approximate surface area is 117 Å². The van der Waals surface area contributed by atoms with Gasteiger partial charge in [0.05, 0.1) is 16.4 Å². The van der Waals surface area contributed by atoms with E-state index in [9.17, 15) is 4.39 Å². The molecule has 0 spiro atoms. The molecule has 0 aliphatic heterocycles. The molecule has 1 aromatic carbocycles. The van der Waals surface area contributed by atoms with E-state index >= 15 is 0 Å². The van der Waals surface area contributed by atoms with Gasteiger partial charge in [0.15, 0.2) is 0 Å². The monoisotopic (exact) mass is 281 g/mol. The zero-order chi connectivity index (χ0) is 14.0. The first kappa shape index (κ1) is 14.0. The summed E-state index contributed by atoms with van der Waals surface area (Å²) in [6.45, 7) is 6.99. The fourth-order valence-corrected chi connectivity index (χ4v) is 1.76. The maximum atomic E-state index is 13.1. The SMILES string of the molecule is CC(C)(C)NCc1ccn(-c2ccc(F)c(Cl)c2)n1. The number of benzene rings is 1. The molecule has 3 nitrogen and oxygen atoms in total. The highest BCUT2D eigenvalue weighted by molar-refractivity contribution is 6.30. The van der Waals surface area contributed by atoms with Crippen LogP contribution in [0.5, 0.6) is 0 Å². The fourth-order valence-electron chi connectivity index (χ4n) is 1.58. The number of rotatable bonds is 3. The van der Waals surface area contributed by atoms with Crippen LogP contribution in [0.1, 0.15) is 26.5 Å². The molecule has 0 aliphatic carbocycles. The van der Waals surface area contributed by atoms with E-state index in [4.69, 9.17) is 11.6 Å². The topological polar surface area (TPSA) is 29.9 Å². The van der Waals surface area contributed by atoms with E-state index in [1.54, 1.807) is 16.8 Å². The number of hydrogen-bond donors (Lipinski definition) is 1. The molecule has 5 heteroatoms. The molecule has 1 aromatic heterocycles. The molecule has 0 fully saturated rings. The second kappa shape index (κ2) is 5.31. The summed E-state index contributed by atoms with van der Waals surface area (Å²) in [4.78, 5) is 0. The summed E-state index contributed by atoms with van der Waals surface area (Å²) in [5.74, 6) is -0.424. The van der Waals surface area contributed by atoms with Gasteiger partial charge in [0.2, 0.25) is 0 Å². The minimum atomic E-state index is -0.424.